The molecule has 4 aliphatic rings. The Balaban J connectivity index is 1.29. The minimum absolute atomic E-state index is 0.886. The van der Waals surface area contributed by atoms with Crippen LogP contribution in [0.5, 0.6) is 0 Å². The molecular weight excluding hydrogens is 234 g/mol. The minimum atomic E-state index is 0.886. The lowest BCUT2D eigenvalue weighted by atomic mass is 9.77. The molecule has 2 aliphatic carbocycles. The standard InChI is InChI=1S/C16H29N3/c1-2-8-18-9-10-19(12-15(18)3-1)16-7-4-13(16)11-17-14-5-6-14/h13-17H,1-12H2. The van der Waals surface area contributed by atoms with Gasteiger partial charge in [-0.15, -0.1) is 0 Å². The number of fused-ring (bicyclic) bond motifs is 1. The molecule has 108 valence electrons. The third-order valence-corrected chi connectivity index (χ3v) is 5.96. The van der Waals surface area contributed by atoms with Crippen LogP contribution in [0.4, 0.5) is 0 Å². The van der Waals surface area contributed by atoms with E-state index in [1.54, 1.807) is 0 Å². The van der Waals surface area contributed by atoms with Crippen molar-refractivity contribution in [3.8, 4) is 0 Å². The van der Waals surface area contributed by atoms with Crippen molar-refractivity contribution in [2.45, 2.75) is 63.1 Å². The number of rotatable bonds is 4. The Hall–Kier alpha value is -0.120. The summed E-state index contributed by atoms with van der Waals surface area (Å²) >= 11 is 0. The van der Waals surface area contributed by atoms with E-state index in [-0.39, 0.29) is 0 Å². The molecule has 0 aromatic rings. The summed E-state index contributed by atoms with van der Waals surface area (Å²) in [6.45, 7) is 6.70. The first-order valence-electron chi connectivity index (χ1n) is 8.61. The van der Waals surface area contributed by atoms with E-state index in [0.29, 0.717) is 0 Å². The van der Waals surface area contributed by atoms with Gasteiger partial charge < -0.3 is 5.32 Å². The van der Waals surface area contributed by atoms with Gasteiger partial charge in [-0.05, 0) is 57.5 Å². The number of hydrogen-bond acceptors (Lipinski definition) is 3. The lowest BCUT2D eigenvalue weighted by molar-refractivity contribution is -0.0175. The molecule has 1 N–H and O–H groups in total. The summed E-state index contributed by atoms with van der Waals surface area (Å²) in [7, 11) is 0. The second kappa shape index (κ2) is 5.34. The molecule has 19 heavy (non-hydrogen) atoms. The lowest BCUT2D eigenvalue weighted by Crippen LogP contribution is -2.61. The molecule has 0 aromatic carbocycles. The summed E-state index contributed by atoms with van der Waals surface area (Å²) in [6.07, 6.45) is 10.1. The fourth-order valence-corrected chi connectivity index (χ4v) is 4.36. The number of piperazine rings is 1. The summed E-state index contributed by atoms with van der Waals surface area (Å²) in [6, 6.07) is 2.69. The topological polar surface area (TPSA) is 18.5 Å². The van der Waals surface area contributed by atoms with Crippen molar-refractivity contribution in [3.05, 3.63) is 0 Å². The van der Waals surface area contributed by atoms with Crippen LogP contribution in [-0.4, -0.2) is 60.6 Å². The normalized spacial score (nSPS) is 40.7. The molecule has 2 saturated carbocycles. The van der Waals surface area contributed by atoms with Crippen LogP contribution in [0.25, 0.3) is 0 Å². The zero-order chi connectivity index (χ0) is 12.7. The summed E-state index contributed by atoms with van der Waals surface area (Å²) in [4.78, 5) is 5.60. The van der Waals surface area contributed by atoms with Crippen molar-refractivity contribution in [3.63, 3.8) is 0 Å². The first-order chi connectivity index (χ1) is 9.40. The van der Waals surface area contributed by atoms with Gasteiger partial charge in [0.05, 0.1) is 0 Å². The zero-order valence-corrected chi connectivity index (χ0v) is 12.2. The van der Waals surface area contributed by atoms with Crippen molar-refractivity contribution in [1.82, 2.24) is 15.1 Å². The monoisotopic (exact) mass is 263 g/mol. The molecule has 3 heteroatoms. The molecule has 3 unspecified atom stereocenters. The van der Waals surface area contributed by atoms with Crippen molar-refractivity contribution in [1.29, 1.82) is 0 Å². The van der Waals surface area contributed by atoms with Gasteiger partial charge in [0.25, 0.3) is 0 Å². The Labute approximate surface area is 117 Å². The van der Waals surface area contributed by atoms with Gasteiger partial charge in [0.2, 0.25) is 0 Å². The van der Waals surface area contributed by atoms with E-state index in [4.69, 9.17) is 0 Å². The predicted octanol–water partition coefficient (Wildman–Crippen LogP) is 1.69. The maximum absolute atomic E-state index is 3.75. The predicted molar refractivity (Wildman–Crippen MR) is 78.3 cm³/mol. The molecule has 3 nitrogen and oxygen atoms in total. The molecule has 3 atom stereocenters. The Morgan fingerprint density at radius 3 is 2.53 bits per heavy atom. The Bertz CT molecular complexity index is 315. The highest BCUT2D eigenvalue weighted by Gasteiger charge is 2.39. The van der Waals surface area contributed by atoms with Crippen molar-refractivity contribution >= 4 is 0 Å². The molecule has 0 bridgehead atoms. The molecular formula is C16H29N3. The Morgan fingerprint density at radius 2 is 1.74 bits per heavy atom. The number of piperidine rings is 1. The van der Waals surface area contributed by atoms with Crippen LogP contribution in [-0.2, 0) is 0 Å². The minimum Gasteiger partial charge on any atom is -0.314 e. The van der Waals surface area contributed by atoms with Crippen LogP contribution >= 0.6 is 0 Å². The van der Waals surface area contributed by atoms with Gasteiger partial charge in [0.1, 0.15) is 0 Å². The molecule has 0 radical (unpaired) electrons. The van der Waals surface area contributed by atoms with Gasteiger partial charge in [-0.3, -0.25) is 9.80 Å². The molecule has 2 heterocycles. The lowest BCUT2D eigenvalue weighted by Gasteiger charge is -2.51. The van der Waals surface area contributed by atoms with Gasteiger partial charge in [-0.25, -0.2) is 0 Å². The average molecular weight is 263 g/mol. The molecule has 2 aliphatic heterocycles. The highest BCUT2D eigenvalue weighted by atomic mass is 15.3. The summed E-state index contributed by atoms with van der Waals surface area (Å²) in [5, 5.41) is 3.75. The summed E-state index contributed by atoms with van der Waals surface area (Å²) in [5.41, 5.74) is 0. The van der Waals surface area contributed by atoms with Gasteiger partial charge in [0, 0.05) is 37.8 Å². The van der Waals surface area contributed by atoms with Gasteiger partial charge >= 0.3 is 0 Å². The van der Waals surface area contributed by atoms with E-state index < -0.39 is 0 Å². The number of hydrogen-bond donors (Lipinski definition) is 1. The molecule has 2 saturated heterocycles. The van der Waals surface area contributed by atoms with E-state index in [0.717, 1.165) is 24.0 Å². The van der Waals surface area contributed by atoms with Crippen LogP contribution in [0.2, 0.25) is 0 Å². The Kier molecular flexibility index (Phi) is 3.55. The highest BCUT2D eigenvalue weighted by molar-refractivity contribution is 4.96. The quantitative estimate of drug-likeness (QED) is 0.833. The van der Waals surface area contributed by atoms with E-state index in [2.05, 4.69) is 15.1 Å². The van der Waals surface area contributed by atoms with E-state index in [9.17, 15) is 0 Å². The fourth-order valence-electron chi connectivity index (χ4n) is 4.36. The van der Waals surface area contributed by atoms with E-state index in [1.807, 2.05) is 0 Å². The van der Waals surface area contributed by atoms with E-state index >= 15 is 0 Å². The van der Waals surface area contributed by atoms with Crippen molar-refractivity contribution in [2.75, 3.05) is 32.7 Å². The smallest absolute Gasteiger partial charge is 0.0223 e. The van der Waals surface area contributed by atoms with Crippen LogP contribution in [0.15, 0.2) is 0 Å². The van der Waals surface area contributed by atoms with Gasteiger partial charge in [-0.2, -0.15) is 0 Å². The summed E-state index contributed by atoms with van der Waals surface area (Å²) < 4.78 is 0. The molecule has 0 amide bonds. The SMILES string of the molecule is C1CCN2CCN(C3CCC3CNC3CC3)CC2C1. The zero-order valence-electron chi connectivity index (χ0n) is 12.2. The van der Waals surface area contributed by atoms with Crippen molar-refractivity contribution in [2.24, 2.45) is 5.92 Å². The second-order valence-electron chi connectivity index (χ2n) is 7.27. The average Bonchev–Trinajstić information content (AvgIpc) is 3.22. The second-order valence-corrected chi connectivity index (χ2v) is 7.27. The van der Waals surface area contributed by atoms with Crippen LogP contribution in [0, 0.1) is 5.92 Å². The molecule has 0 spiro atoms. The third-order valence-electron chi connectivity index (χ3n) is 5.96. The third kappa shape index (κ3) is 2.70. The van der Waals surface area contributed by atoms with E-state index in [1.165, 1.54) is 77.7 Å². The largest absolute Gasteiger partial charge is 0.314 e. The maximum Gasteiger partial charge on any atom is 0.0223 e. The van der Waals surface area contributed by atoms with Crippen LogP contribution in [0.3, 0.4) is 0 Å². The Morgan fingerprint density at radius 1 is 0.842 bits per heavy atom. The van der Waals surface area contributed by atoms with Crippen LogP contribution < -0.4 is 5.32 Å². The summed E-state index contributed by atoms with van der Waals surface area (Å²) in [5.74, 6) is 0.954. The molecule has 4 fully saturated rings. The number of nitrogens with one attached hydrogen (secondary N) is 1. The van der Waals surface area contributed by atoms with Gasteiger partial charge in [0.15, 0.2) is 0 Å². The fraction of sp³-hybridized carbons (Fsp3) is 1.00. The molecule has 0 aromatic heterocycles. The highest BCUT2D eigenvalue weighted by Crippen LogP contribution is 2.35. The van der Waals surface area contributed by atoms with Crippen molar-refractivity contribution < 1.29 is 0 Å². The van der Waals surface area contributed by atoms with Crippen LogP contribution in [0.1, 0.15) is 44.9 Å². The maximum atomic E-state index is 3.75. The number of nitrogens with zero attached hydrogens (tertiary/aromatic N) is 2. The van der Waals surface area contributed by atoms with Gasteiger partial charge in [-0.1, -0.05) is 6.42 Å². The molecule has 4 rings (SSSR count). The first-order valence-corrected chi connectivity index (χ1v) is 8.61. The first kappa shape index (κ1) is 12.6.